The van der Waals surface area contributed by atoms with Crippen LogP contribution in [0, 0.1) is 12.3 Å². The third-order valence-electron chi connectivity index (χ3n) is 5.66. The summed E-state index contributed by atoms with van der Waals surface area (Å²) >= 11 is 0. The molecule has 7 N–H and O–H groups in total. The number of carboxylic acid groups (broad SMARTS) is 1. The maximum Gasteiger partial charge on any atom is 0.303 e. The zero-order valence-corrected chi connectivity index (χ0v) is 21.7. The van der Waals surface area contributed by atoms with Gasteiger partial charge in [0.2, 0.25) is 0 Å². The molecule has 2 aromatic carbocycles. The van der Waals surface area contributed by atoms with Crippen molar-refractivity contribution in [3.05, 3.63) is 82.0 Å². The van der Waals surface area contributed by atoms with Crippen LogP contribution in [0.25, 0.3) is 0 Å². The first kappa shape index (κ1) is 28.1. The van der Waals surface area contributed by atoms with E-state index in [1.165, 1.54) is 0 Å². The first-order valence-electron chi connectivity index (χ1n) is 12.2. The lowest BCUT2D eigenvalue weighted by atomic mass is 9.98. The minimum absolute atomic E-state index is 0.0628. The van der Waals surface area contributed by atoms with Crippen molar-refractivity contribution in [2.75, 3.05) is 10.6 Å². The summed E-state index contributed by atoms with van der Waals surface area (Å²) in [5.74, 6) is -0.501. The molecule has 0 fully saturated rings. The number of ether oxygens (including phenoxy) is 1. The van der Waals surface area contributed by atoms with E-state index >= 15 is 0 Å². The van der Waals surface area contributed by atoms with Gasteiger partial charge in [0.05, 0.1) is 18.3 Å². The van der Waals surface area contributed by atoms with Gasteiger partial charge in [-0.05, 0) is 85.8 Å². The van der Waals surface area contributed by atoms with Crippen LogP contribution in [-0.4, -0.2) is 39.0 Å². The average Bonchev–Trinajstić information content (AvgIpc) is 2.86. The van der Waals surface area contributed by atoms with E-state index in [1.54, 1.807) is 48.7 Å². The highest BCUT2D eigenvalue weighted by atomic mass is 16.5. The number of carbonyl (C=O) groups excluding carboxylic acids is 1. The number of aromatic nitrogens is 1. The summed E-state index contributed by atoms with van der Waals surface area (Å²) in [4.78, 5) is 28.9. The van der Waals surface area contributed by atoms with Crippen molar-refractivity contribution in [2.45, 2.75) is 52.9 Å². The maximum absolute atomic E-state index is 13.2. The smallest absolute Gasteiger partial charge is 0.303 e. The van der Waals surface area contributed by atoms with Crippen LogP contribution in [-0.2, 0) is 24.4 Å². The molecule has 0 saturated heterocycles. The number of hydrogen-bond acceptors (Lipinski definition) is 7. The van der Waals surface area contributed by atoms with Crippen LogP contribution >= 0.6 is 0 Å². The summed E-state index contributed by atoms with van der Waals surface area (Å²) in [6, 6.07) is 11.9. The molecule has 0 saturated carbocycles. The summed E-state index contributed by atoms with van der Waals surface area (Å²) in [6.45, 7) is 5.60. The lowest BCUT2D eigenvalue weighted by Crippen LogP contribution is -2.17. The highest BCUT2D eigenvalue weighted by Crippen LogP contribution is 2.29. The number of nitrogens with zero attached hydrogens (tertiary/aromatic N) is 1. The summed E-state index contributed by atoms with van der Waals surface area (Å²) in [5, 5.41) is 32.6. The van der Waals surface area contributed by atoms with Crippen LogP contribution in [0.15, 0.2) is 48.7 Å². The van der Waals surface area contributed by atoms with Gasteiger partial charge in [-0.15, -0.1) is 0 Å². The Kier molecular flexibility index (Phi) is 9.39. The van der Waals surface area contributed by atoms with E-state index < -0.39 is 5.97 Å². The predicted molar refractivity (Wildman–Crippen MR) is 146 cm³/mol. The number of carboxylic acids is 1. The monoisotopic (exact) mass is 519 g/mol. The summed E-state index contributed by atoms with van der Waals surface area (Å²) in [6.07, 6.45) is 1.65. The molecule has 0 unspecified atom stereocenters. The van der Waals surface area contributed by atoms with Gasteiger partial charge in [0.1, 0.15) is 17.4 Å². The van der Waals surface area contributed by atoms with Crippen molar-refractivity contribution in [3.8, 4) is 5.75 Å². The number of nitrogen functional groups attached to an aromatic ring is 1. The van der Waals surface area contributed by atoms with E-state index in [1.807, 2.05) is 20.8 Å². The number of hydrogen-bond donors (Lipinski definition) is 6. The van der Waals surface area contributed by atoms with Gasteiger partial charge in [0.25, 0.3) is 5.91 Å². The fourth-order valence-corrected chi connectivity index (χ4v) is 3.88. The summed E-state index contributed by atoms with van der Waals surface area (Å²) < 4.78 is 5.95. The van der Waals surface area contributed by atoms with Gasteiger partial charge in [-0.3, -0.25) is 15.0 Å². The Labute approximate surface area is 221 Å². The molecule has 10 nitrogen and oxygen atoms in total. The normalized spacial score (nSPS) is 10.8. The van der Waals surface area contributed by atoms with Gasteiger partial charge in [-0.25, -0.2) is 4.98 Å². The molecule has 0 aliphatic heterocycles. The Morgan fingerprint density at radius 2 is 1.87 bits per heavy atom. The van der Waals surface area contributed by atoms with Crippen molar-refractivity contribution >= 4 is 29.2 Å². The predicted octanol–water partition coefficient (Wildman–Crippen LogP) is 3.84. The Morgan fingerprint density at radius 1 is 1.16 bits per heavy atom. The number of aliphatic carboxylic acids is 1. The van der Waals surface area contributed by atoms with Crippen molar-refractivity contribution in [1.82, 2.24) is 4.98 Å². The molecule has 38 heavy (non-hydrogen) atoms. The number of rotatable bonds is 12. The van der Waals surface area contributed by atoms with Crippen molar-refractivity contribution in [3.63, 3.8) is 0 Å². The van der Waals surface area contributed by atoms with Crippen LogP contribution in [0.2, 0.25) is 0 Å². The molecular formula is C28H33N5O5. The number of aryl methyl sites for hydroxylation is 1. The molecule has 0 bridgehead atoms. The lowest BCUT2D eigenvalue weighted by molar-refractivity contribution is -0.136. The first-order chi connectivity index (χ1) is 18.1. The molecule has 0 radical (unpaired) electrons. The number of aliphatic hydroxyl groups excluding tert-OH is 1. The van der Waals surface area contributed by atoms with Crippen molar-refractivity contribution < 1.29 is 24.5 Å². The van der Waals surface area contributed by atoms with E-state index in [0.29, 0.717) is 33.9 Å². The number of amidine groups is 1. The minimum Gasteiger partial charge on any atom is -0.491 e. The summed E-state index contributed by atoms with van der Waals surface area (Å²) in [7, 11) is 0. The van der Waals surface area contributed by atoms with Crippen LogP contribution in [0.3, 0.4) is 0 Å². The lowest BCUT2D eigenvalue weighted by Gasteiger charge is -2.20. The van der Waals surface area contributed by atoms with E-state index in [9.17, 15) is 19.8 Å². The van der Waals surface area contributed by atoms with Crippen molar-refractivity contribution in [2.24, 2.45) is 5.73 Å². The van der Waals surface area contributed by atoms with E-state index in [4.69, 9.17) is 15.9 Å². The molecule has 1 aromatic heterocycles. The maximum atomic E-state index is 13.2. The van der Waals surface area contributed by atoms with Gasteiger partial charge in [0.15, 0.2) is 0 Å². The van der Waals surface area contributed by atoms with Crippen LogP contribution < -0.4 is 21.1 Å². The van der Waals surface area contributed by atoms with Gasteiger partial charge < -0.3 is 31.3 Å². The number of nitrogens with two attached hydrogens (primary N) is 1. The van der Waals surface area contributed by atoms with E-state index in [0.717, 1.165) is 16.7 Å². The topological polar surface area (TPSA) is 171 Å². The largest absolute Gasteiger partial charge is 0.491 e. The molecule has 0 aliphatic rings. The highest BCUT2D eigenvalue weighted by Gasteiger charge is 2.18. The van der Waals surface area contributed by atoms with E-state index in [2.05, 4.69) is 15.6 Å². The van der Waals surface area contributed by atoms with Gasteiger partial charge in [-0.2, -0.15) is 0 Å². The highest BCUT2D eigenvalue weighted by molar-refractivity contribution is 6.07. The standard InChI is InChI=1S/C28H33N5O5/c1-16(2)38-24-12-18(15-34)11-20(22(24)8-9-25(35)36)14-32-27-23(10-17(3)13-31-27)28(37)33-21-6-4-19(5-7-21)26(29)30/h4-7,10-13,16,34H,8-9,14-15H2,1-3H3,(H3,29,30)(H,31,32)(H,33,37)(H,35,36). The first-order valence-corrected chi connectivity index (χ1v) is 12.2. The SMILES string of the molecule is Cc1cnc(NCc2cc(CO)cc(OC(C)C)c2CCC(=O)O)c(C(=O)Nc2ccc(C(=N)N)cc2)c1. The van der Waals surface area contributed by atoms with Crippen LogP contribution in [0.4, 0.5) is 11.5 Å². The number of amides is 1. The second-order valence-corrected chi connectivity index (χ2v) is 9.16. The molecule has 200 valence electrons. The molecule has 3 rings (SSSR count). The fraction of sp³-hybridized carbons (Fsp3) is 0.286. The number of pyridine rings is 1. The number of anilines is 2. The average molecular weight is 520 g/mol. The minimum atomic E-state index is -0.930. The molecule has 1 amide bonds. The van der Waals surface area contributed by atoms with Gasteiger partial charge in [0, 0.05) is 30.4 Å². The van der Waals surface area contributed by atoms with Crippen molar-refractivity contribution in [1.29, 1.82) is 5.41 Å². The Bertz CT molecular complexity index is 1320. The molecule has 0 spiro atoms. The number of carbonyl (C=O) groups is 2. The molecule has 10 heteroatoms. The molecule has 0 aliphatic carbocycles. The number of benzene rings is 2. The molecule has 0 atom stereocenters. The zero-order chi connectivity index (χ0) is 27.8. The second-order valence-electron chi connectivity index (χ2n) is 9.16. The van der Waals surface area contributed by atoms with Gasteiger partial charge in [-0.1, -0.05) is 6.07 Å². The second kappa shape index (κ2) is 12.7. The Balaban J connectivity index is 1.90. The van der Waals surface area contributed by atoms with Crippen LogP contribution in [0.5, 0.6) is 5.75 Å². The van der Waals surface area contributed by atoms with Gasteiger partial charge >= 0.3 is 5.97 Å². The van der Waals surface area contributed by atoms with Crippen LogP contribution in [0.1, 0.15) is 58.4 Å². The number of aliphatic hydroxyl groups is 1. The molecule has 1 heterocycles. The third kappa shape index (κ3) is 7.53. The fourth-order valence-electron chi connectivity index (χ4n) is 3.88. The number of nitrogens with one attached hydrogen (secondary N) is 3. The Hall–Kier alpha value is -4.44. The quantitative estimate of drug-likeness (QED) is 0.155. The molecular weight excluding hydrogens is 486 g/mol. The Morgan fingerprint density at radius 3 is 2.47 bits per heavy atom. The zero-order valence-electron chi connectivity index (χ0n) is 21.7. The summed E-state index contributed by atoms with van der Waals surface area (Å²) in [5.41, 5.74) is 9.78. The van der Waals surface area contributed by atoms with E-state index in [-0.39, 0.29) is 43.8 Å². The third-order valence-corrected chi connectivity index (χ3v) is 5.66. The molecule has 3 aromatic rings.